The molecular formula is C20H19N3O6S. The van der Waals surface area contributed by atoms with Crippen LogP contribution >= 0.6 is 11.7 Å². The average Bonchev–Trinajstić information content (AvgIpc) is 3.22. The first-order valence-electron chi connectivity index (χ1n) is 9.13. The summed E-state index contributed by atoms with van der Waals surface area (Å²) in [6.07, 6.45) is -0.275. The van der Waals surface area contributed by atoms with E-state index in [4.69, 9.17) is 9.47 Å². The molecule has 1 aromatic heterocycles. The maximum atomic E-state index is 12.3. The number of aromatic nitrogens is 2. The molecule has 0 aliphatic heterocycles. The number of aromatic hydroxyl groups is 1. The van der Waals surface area contributed by atoms with Gasteiger partial charge in [-0.1, -0.05) is 6.07 Å². The molecule has 0 saturated heterocycles. The van der Waals surface area contributed by atoms with Crippen LogP contribution in [0, 0.1) is 0 Å². The van der Waals surface area contributed by atoms with Gasteiger partial charge in [-0.25, -0.2) is 0 Å². The van der Waals surface area contributed by atoms with Gasteiger partial charge in [-0.3, -0.25) is 14.4 Å². The topological polar surface area (TPSA) is 128 Å². The van der Waals surface area contributed by atoms with Crippen molar-refractivity contribution in [3.8, 4) is 11.5 Å². The average molecular weight is 429 g/mol. The molecule has 10 heteroatoms. The molecule has 0 aliphatic rings. The minimum absolute atomic E-state index is 0.0667. The van der Waals surface area contributed by atoms with Crippen molar-refractivity contribution in [3.05, 3.63) is 42.0 Å². The van der Waals surface area contributed by atoms with Gasteiger partial charge in [-0.15, -0.1) is 0 Å². The van der Waals surface area contributed by atoms with Crippen LogP contribution in [0.25, 0.3) is 11.0 Å². The van der Waals surface area contributed by atoms with Crippen molar-refractivity contribution in [1.29, 1.82) is 0 Å². The van der Waals surface area contributed by atoms with Crippen molar-refractivity contribution in [1.82, 2.24) is 8.75 Å². The quantitative estimate of drug-likeness (QED) is 0.393. The summed E-state index contributed by atoms with van der Waals surface area (Å²) >= 11 is 1.03. The summed E-state index contributed by atoms with van der Waals surface area (Å²) in [5.74, 6) is -1.36. The Morgan fingerprint density at radius 2 is 1.97 bits per heavy atom. The lowest BCUT2D eigenvalue weighted by Gasteiger charge is -2.08. The first-order valence-corrected chi connectivity index (χ1v) is 9.86. The van der Waals surface area contributed by atoms with Gasteiger partial charge >= 0.3 is 5.97 Å². The first kappa shape index (κ1) is 21.2. The predicted molar refractivity (Wildman–Crippen MR) is 110 cm³/mol. The third-order valence-electron chi connectivity index (χ3n) is 4.06. The molecular weight excluding hydrogens is 410 g/mol. The highest BCUT2D eigenvalue weighted by molar-refractivity contribution is 7.00. The van der Waals surface area contributed by atoms with E-state index in [2.05, 4.69) is 14.1 Å². The van der Waals surface area contributed by atoms with Gasteiger partial charge in [0.25, 0.3) is 5.91 Å². The molecule has 0 bridgehead atoms. The summed E-state index contributed by atoms with van der Waals surface area (Å²) < 4.78 is 18.4. The number of phenols is 1. The summed E-state index contributed by atoms with van der Waals surface area (Å²) in [6.45, 7) is 1.62. The van der Waals surface area contributed by atoms with E-state index in [-0.39, 0.29) is 30.1 Å². The smallest absolute Gasteiger partial charge is 0.306 e. The maximum Gasteiger partial charge on any atom is 0.306 e. The fraction of sp³-hybridized carbons (Fsp3) is 0.250. The molecule has 156 valence electrons. The van der Waals surface area contributed by atoms with Crippen molar-refractivity contribution in [3.63, 3.8) is 0 Å². The highest BCUT2D eigenvalue weighted by Crippen LogP contribution is 2.27. The van der Waals surface area contributed by atoms with E-state index >= 15 is 0 Å². The van der Waals surface area contributed by atoms with Crippen LogP contribution in [0.3, 0.4) is 0 Å². The Morgan fingerprint density at radius 3 is 2.77 bits per heavy atom. The number of nitrogens with zero attached hydrogens (tertiary/aromatic N) is 2. The van der Waals surface area contributed by atoms with Crippen LogP contribution in [0.5, 0.6) is 11.5 Å². The van der Waals surface area contributed by atoms with E-state index in [0.29, 0.717) is 28.9 Å². The zero-order valence-corrected chi connectivity index (χ0v) is 16.9. The summed E-state index contributed by atoms with van der Waals surface area (Å²) in [5, 5.41) is 12.3. The molecule has 0 fully saturated rings. The third-order valence-corrected chi connectivity index (χ3v) is 4.60. The lowest BCUT2D eigenvalue weighted by Crippen LogP contribution is -2.21. The van der Waals surface area contributed by atoms with E-state index in [1.54, 1.807) is 25.1 Å². The monoisotopic (exact) mass is 429 g/mol. The fourth-order valence-electron chi connectivity index (χ4n) is 2.63. The van der Waals surface area contributed by atoms with Crippen molar-refractivity contribution < 1.29 is 29.0 Å². The Hall–Kier alpha value is -3.53. The summed E-state index contributed by atoms with van der Waals surface area (Å²) in [5.41, 5.74) is 2.02. The molecule has 1 amide bonds. The minimum Gasteiger partial charge on any atom is -0.504 e. The Labute approximate surface area is 176 Å². The normalized spacial score (nSPS) is 10.6. The van der Waals surface area contributed by atoms with Crippen LogP contribution in [0.2, 0.25) is 0 Å². The van der Waals surface area contributed by atoms with Gasteiger partial charge in [0.2, 0.25) is 0 Å². The highest BCUT2D eigenvalue weighted by atomic mass is 32.1. The van der Waals surface area contributed by atoms with Crippen LogP contribution < -0.4 is 10.1 Å². The number of nitrogens with one attached hydrogen (secondary N) is 1. The zero-order valence-electron chi connectivity index (χ0n) is 16.1. The van der Waals surface area contributed by atoms with Crippen molar-refractivity contribution in [2.24, 2.45) is 0 Å². The molecule has 3 aromatic rings. The van der Waals surface area contributed by atoms with Crippen LogP contribution in [0.15, 0.2) is 36.4 Å². The fourth-order valence-corrected chi connectivity index (χ4v) is 3.18. The lowest BCUT2D eigenvalue weighted by atomic mass is 10.1. The molecule has 2 N–H and O–H groups in total. The maximum absolute atomic E-state index is 12.3. The minimum atomic E-state index is -0.671. The molecule has 3 rings (SSSR count). The number of benzene rings is 2. The number of carbonyl (C=O) groups excluding carboxylic acids is 3. The van der Waals surface area contributed by atoms with Gasteiger partial charge < -0.3 is 19.9 Å². The molecule has 0 radical (unpaired) electrons. The van der Waals surface area contributed by atoms with Crippen molar-refractivity contribution in [2.75, 3.05) is 18.5 Å². The Morgan fingerprint density at radius 1 is 1.13 bits per heavy atom. The summed E-state index contributed by atoms with van der Waals surface area (Å²) in [6, 6.07) is 9.42. The van der Waals surface area contributed by atoms with Gasteiger partial charge in [0.1, 0.15) is 11.0 Å². The van der Waals surface area contributed by atoms with Gasteiger partial charge in [0.05, 0.1) is 30.4 Å². The number of carbonyl (C=O) groups is 3. The largest absolute Gasteiger partial charge is 0.504 e. The molecule has 0 atom stereocenters. The van der Waals surface area contributed by atoms with Gasteiger partial charge in [-0.05, 0) is 37.3 Å². The van der Waals surface area contributed by atoms with E-state index in [0.717, 1.165) is 11.7 Å². The van der Waals surface area contributed by atoms with Gasteiger partial charge in [0.15, 0.2) is 23.9 Å². The molecule has 1 heterocycles. The number of fused-ring (bicyclic) bond motifs is 1. The molecule has 0 saturated carbocycles. The Bertz CT molecular complexity index is 1080. The lowest BCUT2D eigenvalue weighted by molar-refractivity contribution is -0.147. The molecule has 0 unspecified atom stereocenters. The predicted octanol–water partition coefficient (Wildman–Crippen LogP) is 2.94. The van der Waals surface area contributed by atoms with Crippen LogP contribution in [-0.2, 0) is 14.3 Å². The number of hydrogen-bond acceptors (Lipinski definition) is 9. The highest BCUT2D eigenvalue weighted by Gasteiger charge is 2.15. The van der Waals surface area contributed by atoms with Crippen molar-refractivity contribution >= 4 is 46.1 Å². The molecule has 30 heavy (non-hydrogen) atoms. The van der Waals surface area contributed by atoms with Crippen LogP contribution in [0.1, 0.15) is 30.1 Å². The zero-order chi connectivity index (χ0) is 21.5. The number of phenolic OH excluding ortho intramolecular Hbond substituents is 1. The van der Waals surface area contributed by atoms with E-state index in [1.165, 1.54) is 18.2 Å². The second-order valence-corrected chi connectivity index (χ2v) is 6.71. The van der Waals surface area contributed by atoms with E-state index < -0.39 is 18.5 Å². The number of anilines is 1. The SMILES string of the molecule is CCOc1cc(C(=O)CCC(=O)OCC(=O)Nc2cccc3nsnc23)ccc1O. The third kappa shape index (κ3) is 5.29. The molecule has 0 aliphatic carbocycles. The number of amides is 1. The number of hydrogen-bond donors (Lipinski definition) is 2. The number of ether oxygens (including phenoxy) is 2. The Balaban J connectivity index is 1.46. The summed E-state index contributed by atoms with van der Waals surface area (Å²) in [4.78, 5) is 36.2. The number of ketones is 1. The standard InChI is InChI=1S/C20H19N3O6S/c1-2-28-17-10-12(6-7-16(17)25)15(24)8-9-19(27)29-11-18(26)21-13-4-3-5-14-20(13)23-30-22-14/h3-7,10,25H,2,8-9,11H2,1H3,(H,21,26). The van der Waals surface area contributed by atoms with Crippen LogP contribution in [-0.4, -0.2) is 44.7 Å². The van der Waals surface area contributed by atoms with Crippen LogP contribution in [0.4, 0.5) is 5.69 Å². The second-order valence-electron chi connectivity index (χ2n) is 6.19. The first-order chi connectivity index (χ1) is 14.5. The molecule has 2 aromatic carbocycles. The van der Waals surface area contributed by atoms with Gasteiger partial charge in [0, 0.05) is 12.0 Å². The van der Waals surface area contributed by atoms with Crippen molar-refractivity contribution in [2.45, 2.75) is 19.8 Å². The van der Waals surface area contributed by atoms with E-state index in [1.807, 2.05) is 0 Å². The Kier molecular flexibility index (Phi) is 6.91. The second kappa shape index (κ2) is 9.79. The molecule has 9 nitrogen and oxygen atoms in total. The number of rotatable bonds is 9. The number of esters is 1. The summed E-state index contributed by atoms with van der Waals surface area (Å²) in [7, 11) is 0. The number of Topliss-reactive ketones (excluding diaryl/α,β-unsaturated/α-hetero) is 1. The van der Waals surface area contributed by atoms with Gasteiger partial charge in [-0.2, -0.15) is 8.75 Å². The van der Waals surface area contributed by atoms with E-state index in [9.17, 15) is 19.5 Å². The molecule has 0 spiro atoms.